The number of methoxy groups -OCH3 is 1. The zero-order valence-corrected chi connectivity index (χ0v) is 15.1. The van der Waals surface area contributed by atoms with Crippen LogP contribution in [-0.4, -0.2) is 59.9 Å². The maximum absolute atomic E-state index is 12.6. The molecule has 2 amide bonds. The van der Waals surface area contributed by atoms with Gasteiger partial charge in [-0.1, -0.05) is 18.2 Å². The van der Waals surface area contributed by atoms with Gasteiger partial charge in [-0.15, -0.1) is 0 Å². The van der Waals surface area contributed by atoms with Crippen molar-refractivity contribution in [1.29, 1.82) is 0 Å². The Morgan fingerprint density at radius 3 is 2.62 bits per heavy atom. The van der Waals surface area contributed by atoms with Crippen molar-refractivity contribution in [2.75, 3.05) is 33.3 Å². The molecule has 1 saturated heterocycles. The molecule has 1 aliphatic heterocycles. The van der Waals surface area contributed by atoms with Crippen LogP contribution in [0.25, 0.3) is 0 Å². The van der Waals surface area contributed by atoms with E-state index in [1.807, 2.05) is 34.1 Å². The molecule has 1 aliphatic rings. The van der Waals surface area contributed by atoms with Gasteiger partial charge in [0.05, 0.1) is 12.7 Å². The molecule has 6 nitrogen and oxygen atoms in total. The van der Waals surface area contributed by atoms with E-state index in [4.69, 9.17) is 4.74 Å². The van der Waals surface area contributed by atoms with E-state index >= 15 is 0 Å². The number of amides is 2. The maximum Gasteiger partial charge on any atom is 0.255 e. The number of hydrogen-bond donors (Lipinski definition) is 1. The minimum absolute atomic E-state index is 0.0228. The van der Waals surface area contributed by atoms with Crippen molar-refractivity contribution in [3.8, 4) is 5.75 Å². The van der Waals surface area contributed by atoms with E-state index in [0.717, 1.165) is 17.7 Å². The third-order valence-electron chi connectivity index (χ3n) is 4.78. The highest BCUT2D eigenvalue weighted by Gasteiger charge is 2.23. The number of nitrogens with one attached hydrogen (secondary N) is 1. The van der Waals surface area contributed by atoms with Crippen molar-refractivity contribution in [3.63, 3.8) is 0 Å². The molecule has 0 bridgehead atoms. The Bertz CT molecular complexity index is 743. The molecule has 0 atom stereocenters. The lowest BCUT2D eigenvalue weighted by molar-refractivity contribution is -0.131. The van der Waals surface area contributed by atoms with Crippen molar-refractivity contribution in [2.24, 2.45) is 0 Å². The molecule has 0 aliphatic carbocycles. The number of nitrogens with zero attached hydrogens (tertiary/aromatic N) is 2. The third kappa shape index (κ3) is 4.25. The first-order chi connectivity index (χ1) is 12.7. The Morgan fingerprint density at radius 2 is 1.85 bits per heavy atom. The standard InChI is InChI=1S/C20H25N3O3/c1-26-18-6-3-2-5-16(18)7-8-19(24)22-11-4-12-23(14-13-22)20(25)17-9-10-21-15-17/h2-3,5-6,9-10,15,21H,4,7-8,11-14H2,1H3. The number of rotatable bonds is 5. The summed E-state index contributed by atoms with van der Waals surface area (Å²) in [6.45, 7) is 2.54. The summed E-state index contributed by atoms with van der Waals surface area (Å²) in [6, 6.07) is 9.57. The maximum atomic E-state index is 12.6. The van der Waals surface area contributed by atoms with Gasteiger partial charge in [-0.2, -0.15) is 0 Å². The van der Waals surface area contributed by atoms with Crippen LogP contribution < -0.4 is 4.74 Å². The summed E-state index contributed by atoms with van der Waals surface area (Å²) in [5, 5.41) is 0. The topological polar surface area (TPSA) is 65.6 Å². The smallest absolute Gasteiger partial charge is 0.255 e. The number of carbonyl (C=O) groups is 2. The van der Waals surface area contributed by atoms with Crippen molar-refractivity contribution in [3.05, 3.63) is 53.9 Å². The van der Waals surface area contributed by atoms with Gasteiger partial charge in [-0.3, -0.25) is 9.59 Å². The second kappa shape index (κ2) is 8.56. The van der Waals surface area contributed by atoms with Gasteiger partial charge in [0.2, 0.25) is 5.91 Å². The summed E-state index contributed by atoms with van der Waals surface area (Å²) in [4.78, 5) is 31.7. The molecule has 0 radical (unpaired) electrons. The quantitative estimate of drug-likeness (QED) is 0.895. The summed E-state index contributed by atoms with van der Waals surface area (Å²) >= 11 is 0. The lowest BCUT2D eigenvalue weighted by Crippen LogP contribution is -2.37. The number of carbonyl (C=O) groups excluding carboxylic acids is 2. The number of para-hydroxylation sites is 1. The lowest BCUT2D eigenvalue weighted by atomic mass is 10.1. The van der Waals surface area contributed by atoms with Gasteiger partial charge in [0, 0.05) is 45.0 Å². The summed E-state index contributed by atoms with van der Waals surface area (Å²) in [6.07, 6.45) is 5.37. The second-order valence-electron chi connectivity index (χ2n) is 6.44. The van der Waals surface area contributed by atoms with Crippen molar-refractivity contribution >= 4 is 11.8 Å². The lowest BCUT2D eigenvalue weighted by Gasteiger charge is -2.22. The predicted molar refractivity (Wildman–Crippen MR) is 99.2 cm³/mol. The van der Waals surface area contributed by atoms with Crippen LogP contribution in [-0.2, 0) is 11.2 Å². The molecular weight excluding hydrogens is 330 g/mol. The van der Waals surface area contributed by atoms with Gasteiger partial charge in [0.25, 0.3) is 5.91 Å². The average molecular weight is 355 g/mol. The van der Waals surface area contributed by atoms with Crippen LogP contribution in [0.5, 0.6) is 5.75 Å². The molecule has 0 unspecified atom stereocenters. The first-order valence-corrected chi connectivity index (χ1v) is 9.01. The molecular formula is C20H25N3O3. The third-order valence-corrected chi connectivity index (χ3v) is 4.78. The van der Waals surface area contributed by atoms with Crippen LogP contribution >= 0.6 is 0 Å². The summed E-state index contributed by atoms with van der Waals surface area (Å²) in [7, 11) is 1.64. The molecule has 0 spiro atoms. The second-order valence-corrected chi connectivity index (χ2v) is 6.44. The Kier molecular flexibility index (Phi) is 5.94. The molecule has 2 aromatic rings. The number of aromatic amines is 1. The van der Waals surface area contributed by atoms with E-state index in [2.05, 4.69) is 4.98 Å². The molecule has 138 valence electrons. The van der Waals surface area contributed by atoms with Gasteiger partial charge in [0.15, 0.2) is 0 Å². The molecule has 1 N–H and O–H groups in total. The van der Waals surface area contributed by atoms with Gasteiger partial charge < -0.3 is 19.5 Å². The minimum atomic E-state index is 0.0228. The number of aryl methyl sites for hydroxylation is 1. The normalized spacial score (nSPS) is 14.8. The molecule has 3 rings (SSSR count). The number of ether oxygens (including phenoxy) is 1. The molecule has 26 heavy (non-hydrogen) atoms. The van der Waals surface area contributed by atoms with Crippen molar-refractivity contribution in [2.45, 2.75) is 19.3 Å². The molecule has 1 aromatic carbocycles. The van der Waals surface area contributed by atoms with E-state index in [0.29, 0.717) is 44.6 Å². The average Bonchev–Trinajstić information content (AvgIpc) is 3.10. The highest BCUT2D eigenvalue weighted by Crippen LogP contribution is 2.19. The Morgan fingerprint density at radius 1 is 1.08 bits per heavy atom. The fraction of sp³-hybridized carbons (Fsp3) is 0.400. The van der Waals surface area contributed by atoms with E-state index in [9.17, 15) is 9.59 Å². The monoisotopic (exact) mass is 355 g/mol. The molecule has 6 heteroatoms. The summed E-state index contributed by atoms with van der Waals surface area (Å²) in [5.74, 6) is 0.973. The van der Waals surface area contributed by atoms with Crippen LogP contribution in [0.1, 0.15) is 28.8 Å². The van der Waals surface area contributed by atoms with Gasteiger partial charge in [0.1, 0.15) is 5.75 Å². The van der Waals surface area contributed by atoms with E-state index in [1.54, 1.807) is 25.6 Å². The highest BCUT2D eigenvalue weighted by molar-refractivity contribution is 5.94. The van der Waals surface area contributed by atoms with E-state index in [1.165, 1.54) is 0 Å². The number of aromatic nitrogens is 1. The van der Waals surface area contributed by atoms with Crippen molar-refractivity contribution in [1.82, 2.24) is 14.8 Å². The van der Waals surface area contributed by atoms with Crippen molar-refractivity contribution < 1.29 is 14.3 Å². The number of benzene rings is 1. The Hall–Kier alpha value is -2.76. The minimum Gasteiger partial charge on any atom is -0.496 e. The van der Waals surface area contributed by atoms with Crippen LogP contribution in [0.4, 0.5) is 0 Å². The zero-order valence-electron chi connectivity index (χ0n) is 15.1. The van der Waals surface area contributed by atoms with Crippen LogP contribution in [0, 0.1) is 0 Å². The van der Waals surface area contributed by atoms with Crippen LogP contribution in [0.15, 0.2) is 42.7 Å². The largest absolute Gasteiger partial charge is 0.496 e. The van der Waals surface area contributed by atoms with Crippen LogP contribution in [0.3, 0.4) is 0 Å². The van der Waals surface area contributed by atoms with Gasteiger partial charge >= 0.3 is 0 Å². The SMILES string of the molecule is COc1ccccc1CCC(=O)N1CCCN(C(=O)c2cc[nH]c2)CC1. The first kappa shape index (κ1) is 18.0. The van der Waals surface area contributed by atoms with Crippen LogP contribution in [0.2, 0.25) is 0 Å². The Labute approximate surface area is 153 Å². The number of H-pyrrole nitrogens is 1. The Balaban J connectivity index is 1.53. The van der Waals surface area contributed by atoms with E-state index in [-0.39, 0.29) is 11.8 Å². The summed E-state index contributed by atoms with van der Waals surface area (Å²) in [5.41, 5.74) is 1.71. The molecule has 0 saturated carbocycles. The first-order valence-electron chi connectivity index (χ1n) is 9.01. The molecule has 1 fully saturated rings. The van der Waals surface area contributed by atoms with Gasteiger partial charge in [-0.05, 0) is 30.5 Å². The predicted octanol–water partition coefficient (Wildman–Crippen LogP) is 2.33. The van der Waals surface area contributed by atoms with E-state index < -0.39 is 0 Å². The van der Waals surface area contributed by atoms with Gasteiger partial charge in [-0.25, -0.2) is 0 Å². The highest BCUT2D eigenvalue weighted by atomic mass is 16.5. The fourth-order valence-corrected chi connectivity index (χ4v) is 3.32. The molecule has 1 aromatic heterocycles. The summed E-state index contributed by atoms with van der Waals surface area (Å²) < 4.78 is 5.35. The number of hydrogen-bond acceptors (Lipinski definition) is 3. The zero-order chi connectivity index (χ0) is 18.4. The fourth-order valence-electron chi connectivity index (χ4n) is 3.32. The molecule has 2 heterocycles.